The lowest BCUT2D eigenvalue weighted by Crippen LogP contribution is -2.21. The zero-order chi connectivity index (χ0) is 10.1. The van der Waals surface area contributed by atoms with Crippen LogP contribution in [0.5, 0.6) is 0 Å². The second kappa shape index (κ2) is 3.36. The molecule has 1 fully saturated rings. The summed E-state index contributed by atoms with van der Waals surface area (Å²) in [7, 11) is 2.04. The van der Waals surface area contributed by atoms with Crippen molar-refractivity contribution in [2.45, 2.75) is 12.8 Å². The minimum absolute atomic E-state index is 0.421. The van der Waals surface area contributed by atoms with Gasteiger partial charge in [0.05, 0.1) is 5.69 Å². The van der Waals surface area contributed by atoms with Crippen LogP contribution >= 0.6 is 0 Å². The number of aromatic nitrogens is 1. The molecule has 1 aliphatic rings. The maximum absolute atomic E-state index is 5.64. The fourth-order valence-electron chi connectivity index (χ4n) is 1.47. The van der Waals surface area contributed by atoms with E-state index in [-0.39, 0.29) is 0 Å². The van der Waals surface area contributed by atoms with Crippen LogP contribution in [-0.2, 0) is 0 Å². The molecular weight excluding hydrogens is 176 g/mol. The van der Waals surface area contributed by atoms with Crippen LogP contribution in [0.3, 0.4) is 0 Å². The summed E-state index contributed by atoms with van der Waals surface area (Å²) in [6, 6.07) is 3.72. The molecule has 0 saturated heterocycles. The van der Waals surface area contributed by atoms with Crippen LogP contribution in [0.2, 0.25) is 0 Å². The predicted octanol–water partition coefficient (Wildman–Crippen LogP) is 1.09. The van der Waals surface area contributed by atoms with Gasteiger partial charge in [0.25, 0.3) is 0 Å². The zero-order valence-corrected chi connectivity index (χ0v) is 8.40. The third-order valence-electron chi connectivity index (χ3n) is 2.56. The van der Waals surface area contributed by atoms with Crippen molar-refractivity contribution in [2.75, 3.05) is 30.0 Å². The van der Waals surface area contributed by atoms with Crippen molar-refractivity contribution < 1.29 is 0 Å². The number of anilines is 3. The molecule has 4 N–H and O–H groups in total. The van der Waals surface area contributed by atoms with Crippen LogP contribution in [0.4, 0.5) is 17.3 Å². The van der Waals surface area contributed by atoms with E-state index in [1.54, 1.807) is 6.07 Å². The molecule has 0 atom stereocenters. The van der Waals surface area contributed by atoms with E-state index in [9.17, 15) is 0 Å². The van der Waals surface area contributed by atoms with Crippen LogP contribution in [0.1, 0.15) is 12.8 Å². The Morgan fingerprint density at radius 3 is 2.71 bits per heavy atom. The Hall–Kier alpha value is -1.45. The number of nitrogen functional groups attached to an aromatic ring is 2. The topological polar surface area (TPSA) is 68.2 Å². The standard InChI is InChI=1S/C10H16N4/c1-14(6-7-2-3-7)9-5-4-8(11)10(12)13-9/h4-5,7H,2-3,6,11H2,1H3,(H2,12,13). The van der Waals surface area contributed by atoms with Gasteiger partial charge in [0.2, 0.25) is 0 Å². The molecule has 1 aliphatic carbocycles. The quantitative estimate of drug-likeness (QED) is 0.752. The Labute approximate surface area is 83.9 Å². The van der Waals surface area contributed by atoms with Crippen LogP contribution < -0.4 is 16.4 Å². The first kappa shape index (κ1) is 9.12. The molecule has 0 unspecified atom stereocenters. The van der Waals surface area contributed by atoms with Crippen LogP contribution in [0.15, 0.2) is 12.1 Å². The smallest absolute Gasteiger partial charge is 0.149 e. The van der Waals surface area contributed by atoms with Crippen LogP contribution in [-0.4, -0.2) is 18.6 Å². The molecule has 0 spiro atoms. The predicted molar refractivity (Wildman–Crippen MR) is 59.1 cm³/mol. The average Bonchev–Trinajstić information content (AvgIpc) is 2.93. The lowest BCUT2D eigenvalue weighted by Gasteiger charge is -2.18. The normalized spacial score (nSPS) is 15.5. The van der Waals surface area contributed by atoms with Gasteiger partial charge < -0.3 is 16.4 Å². The van der Waals surface area contributed by atoms with Crippen molar-refractivity contribution >= 4 is 17.3 Å². The Morgan fingerprint density at radius 2 is 2.14 bits per heavy atom. The molecule has 0 bridgehead atoms. The van der Waals surface area contributed by atoms with Gasteiger partial charge in [0.15, 0.2) is 0 Å². The number of nitrogens with two attached hydrogens (primary N) is 2. The number of nitrogens with zero attached hydrogens (tertiary/aromatic N) is 2. The van der Waals surface area contributed by atoms with E-state index in [1.165, 1.54) is 12.8 Å². The van der Waals surface area contributed by atoms with E-state index in [0.717, 1.165) is 18.3 Å². The van der Waals surface area contributed by atoms with Gasteiger partial charge in [-0.3, -0.25) is 0 Å². The van der Waals surface area contributed by atoms with Crippen molar-refractivity contribution in [1.29, 1.82) is 0 Å². The zero-order valence-electron chi connectivity index (χ0n) is 8.40. The third-order valence-corrected chi connectivity index (χ3v) is 2.56. The first-order chi connectivity index (χ1) is 6.66. The van der Waals surface area contributed by atoms with E-state index in [4.69, 9.17) is 11.5 Å². The number of hydrogen-bond acceptors (Lipinski definition) is 4. The molecular formula is C10H16N4. The van der Waals surface area contributed by atoms with Gasteiger partial charge in [-0.05, 0) is 30.9 Å². The Kier molecular flexibility index (Phi) is 2.19. The lowest BCUT2D eigenvalue weighted by atomic mass is 10.3. The largest absolute Gasteiger partial charge is 0.396 e. The molecule has 2 rings (SSSR count). The summed E-state index contributed by atoms with van der Waals surface area (Å²) >= 11 is 0. The molecule has 4 nitrogen and oxygen atoms in total. The summed E-state index contributed by atoms with van der Waals surface area (Å²) in [4.78, 5) is 6.36. The fourth-order valence-corrected chi connectivity index (χ4v) is 1.47. The minimum atomic E-state index is 0.421. The van der Waals surface area contributed by atoms with Gasteiger partial charge in [-0.15, -0.1) is 0 Å². The minimum Gasteiger partial charge on any atom is -0.396 e. The molecule has 0 amide bonds. The maximum atomic E-state index is 5.64. The van der Waals surface area contributed by atoms with Gasteiger partial charge >= 0.3 is 0 Å². The summed E-state index contributed by atoms with van der Waals surface area (Å²) in [5.74, 6) is 2.18. The van der Waals surface area contributed by atoms with Crippen molar-refractivity contribution in [3.8, 4) is 0 Å². The molecule has 1 aromatic rings. The van der Waals surface area contributed by atoms with Gasteiger partial charge in [-0.25, -0.2) is 4.98 Å². The Balaban J connectivity index is 2.10. The highest BCUT2D eigenvalue weighted by Gasteiger charge is 2.23. The third kappa shape index (κ3) is 1.89. The van der Waals surface area contributed by atoms with Gasteiger partial charge in [0.1, 0.15) is 11.6 Å². The summed E-state index contributed by atoms with van der Waals surface area (Å²) in [5.41, 5.74) is 11.8. The van der Waals surface area contributed by atoms with Gasteiger partial charge in [-0.1, -0.05) is 0 Å². The molecule has 0 radical (unpaired) electrons. The van der Waals surface area contributed by atoms with Crippen LogP contribution in [0.25, 0.3) is 0 Å². The first-order valence-corrected chi connectivity index (χ1v) is 4.90. The molecule has 1 aromatic heterocycles. The second-order valence-electron chi connectivity index (χ2n) is 3.97. The number of hydrogen-bond donors (Lipinski definition) is 2. The fraction of sp³-hybridized carbons (Fsp3) is 0.500. The summed E-state index contributed by atoms with van der Waals surface area (Å²) < 4.78 is 0. The maximum Gasteiger partial charge on any atom is 0.149 e. The highest BCUT2D eigenvalue weighted by molar-refractivity contribution is 5.62. The lowest BCUT2D eigenvalue weighted by molar-refractivity contribution is 0.778. The van der Waals surface area contributed by atoms with Gasteiger partial charge in [0, 0.05) is 13.6 Å². The monoisotopic (exact) mass is 192 g/mol. The first-order valence-electron chi connectivity index (χ1n) is 4.90. The highest BCUT2D eigenvalue weighted by atomic mass is 15.2. The molecule has 0 aromatic carbocycles. The number of rotatable bonds is 3. The van der Waals surface area contributed by atoms with Crippen molar-refractivity contribution in [3.63, 3.8) is 0 Å². The summed E-state index contributed by atoms with van der Waals surface area (Å²) in [6.45, 7) is 1.07. The Bertz CT molecular complexity index is 333. The summed E-state index contributed by atoms with van der Waals surface area (Å²) in [5, 5.41) is 0. The highest BCUT2D eigenvalue weighted by Crippen LogP contribution is 2.30. The SMILES string of the molecule is CN(CC1CC1)c1ccc(N)c(N)n1. The van der Waals surface area contributed by atoms with E-state index in [2.05, 4.69) is 9.88 Å². The molecule has 0 aliphatic heterocycles. The molecule has 4 heteroatoms. The van der Waals surface area contributed by atoms with E-state index < -0.39 is 0 Å². The van der Waals surface area contributed by atoms with Gasteiger partial charge in [-0.2, -0.15) is 0 Å². The molecule has 1 heterocycles. The van der Waals surface area contributed by atoms with E-state index in [0.29, 0.717) is 11.5 Å². The van der Waals surface area contributed by atoms with Crippen LogP contribution in [0, 0.1) is 5.92 Å². The second-order valence-corrected chi connectivity index (χ2v) is 3.97. The van der Waals surface area contributed by atoms with E-state index in [1.807, 2.05) is 13.1 Å². The molecule has 1 saturated carbocycles. The van der Waals surface area contributed by atoms with Crippen molar-refractivity contribution in [2.24, 2.45) is 5.92 Å². The summed E-state index contributed by atoms with van der Waals surface area (Å²) in [6.07, 6.45) is 2.68. The average molecular weight is 192 g/mol. The van der Waals surface area contributed by atoms with Crippen molar-refractivity contribution in [3.05, 3.63) is 12.1 Å². The van der Waals surface area contributed by atoms with Crippen molar-refractivity contribution in [1.82, 2.24) is 4.98 Å². The van der Waals surface area contributed by atoms with E-state index >= 15 is 0 Å². The number of pyridine rings is 1. The molecule has 14 heavy (non-hydrogen) atoms. The Morgan fingerprint density at radius 1 is 1.43 bits per heavy atom. The molecule has 76 valence electrons.